The van der Waals surface area contributed by atoms with Crippen LogP contribution in [-0.2, 0) is 7.05 Å². The summed E-state index contributed by atoms with van der Waals surface area (Å²) in [5, 5.41) is 5.22. The van der Waals surface area contributed by atoms with Crippen LogP contribution in [0.2, 0.25) is 0 Å². The zero-order valence-electron chi connectivity index (χ0n) is 12.4. The summed E-state index contributed by atoms with van der Waals surface area (Å²) >= 11 is 0. The molecule has 2 amide bonds. The average Bonchev–Trinajstić information content (AvgIpc) is 2.87. The molecule has 1 saturated heterocycles. The molecule has 1 aromatic rings. The quantitative estimate of drug-likeness (QED) is 0.859. The number of alkyl halides is 2. The van der Waals surface area contributed by atoms with E-state index in [0.29, 0.717) is 18.8 Å². The lowest BCUT2D eigenvalue weighted by Crippen LogP contribution is -2.43. The topological polar surface area (TPSA) is 66.4 Å². The van der Waals surface area contributed by atoms with Crippen molar-refractivity contribution in [3.63, 3.8) is 0 Å². The number of urea groups is 1. The van der Waals surface area contributed by atoms with E-state index in [1.165, 1.54) is 10.6 Å². The van der Waals surface area contributed by atoms with Gasteiger partial charge in [0.2, 0.25) is 0 Å². The van der Waals surface area contributed by atoms with E-state index in [4.69, 9.17) is 0 Å². The van der Waals surface area contributed by atoms with Crippen molar-refractivity contribution in [2.45, 2.75) is 25.3 Å². The van der Waals surface area contributed by atoms with Gasteiger partial charge in [-0.25, -0.2) is 13.6 Å². The van der Waals surface area contributed by atoms with Gasteiger partial charge in [0.05, 0.1) is 6.54 Å². The van der Waals surface area contributed by atoms with E-state index in [2.05, 4.69) is 10.6 Å². The summed E-state index contributed by atoms with van der Waals surface area (Å²) in [5.74, 6) is 0. The number of halogens is 2. The molecule has 122 valence electrons. The summed E-state index contributed by atoms with van der Waals surface area (Å²) in [6, 6.07) is 2.42. The van der Waals surface area contributed by atoms with Gasteiger partial charge in [-0.05, 0) is 25.5 Å². The number of pyridine rings is 1. The van der Waals surface area contributed by atoms with Crippen molar-refractivity contribution in [3.8, 4) is 0 Å². The van der Waals surface area contributed by atoms with Crippen molar-refractivity contribution in [1.82, 2.24) is 14.8 Å². The summed E-state index contributed by atoms with van der Waals surface area (Å²) < 4.78 is 26.3. The van der Waals surface area contributed by atoms with Gasteiger partial charge in [0.1, 0.15) is 0 Å². The summed E-state index contributed by atoms with van der Waals surface area (Å²) in [6.07, 6.45) is 0.836. The Morgan fingerprint density at radius 3 is 2.95 bits per heavy atom. The number of nitrogens with zero attached hydrogens (tertiary/aromatic N) is 2. The Hall–Kier alpha value is -1.96. The highest BCUT2D eigenvalue weighted by molar-refractivity contribution is 5.89. The lowest BCUT2D eigenvalue weighted by molar-refractivity contribution is 0.0826. The number of aryl methyl sites for hydroxylation is 1. The molecule has 1 aliphatic rings. The average molecular weight is 314 g/mol. The van der Waals surface area contributed by atoms with E-state index < -0.39 is 12.5 Å². The molecule has 0 spiro atoms. The van der Waals surface area contributed by atoms with Gasteiger partial charge in [-0.1, -0.05) is 0 Å². The molecule has 6 nitrogen and oxygen atoms in total. The first-order chi connectivity index (χ1) is 10.5. The van der Waals surface area contributed by atoms with Crippen molar-refractivity contribution < 1.29 is 13.6 Å². The van der Waals surface area contributed by atoms with Crippen molar-refractivity contribution in [2.24, 2.45) is 7.05 Å². The SMILES string of the molecule is Cn1ccc(NC(=O)NCC2CCCN2CC(F)F)cc1=O. The summed E-state index contributed by atoms with van der Waals surface area (Å²) in [4.78, 5) is 24.9. The Kier molecular flexibility index (Phi) is 5.48. The Morgan fingerprint density at radius 2 is 2.27 bits per heavy atom. The molecule has 22 heavy (non-hydrogen) atoms. The highest BCUT2D eigenvalue weighted by Crippen LogP contribution is 2.17. The maximum atomic E-state index is 12.4. The fourth-order valence-electron chi connectivity index (χ4n) is 2.56. The largest absolute Gasteiger partial charge is 0.336 e. The molecular weight excluding hydrogens is 294 g/mol. The highest BCUT2D eigenvalue weighted by atomic mass is 19.3. The third-order valence-corrected chi connectivity index (χ3v) is 3.73. The van der Waals surface area contributed by atoms with E-state index in [-0.39, 0.29) is 18.1 Å². The van der Waals surface area contributed by atoms with Crippen molar-refractivity contribution in [2.75, 3.05) is 25.0 Å². The number of carbonyl (C=O) groups excluding carboxylic acids is 1. The molecule has 2 heterocycles. The molecule has 1 aromatic heterocycles. The van der Waals surface area contributed by atoms with Crippen LogP contribution in [0, 0.1) is 0 Å². The van der Waals surface area contributed by atoms with Crippen molar-refractivity contribution >= 4 is 11.7 Å². The van der Waals surface area contributed by atoms with Crippen molar-refractivity contribution in [1.29, 1.82) is 0 Å². The predicted octanol–water partition coefficient (Wildman–Crippen LogP) is 1.24. The molecule has 0 radical (unpaired) electrons. The molecule has 1 aliphatic heterocycles. The third kappa shape index (κ3) is 4.52. The maximum Gasteiger partial charge on any atom is 0.319 e. The number of hydrogen-bond donors (Lipinski definition) is 2. The molecule has 1 unspecified atom stereocenters. The number of aromatic nitrogens is 1. The van der Waals surface area contributed by atoms with Gasteiger partial charge in [0.25, 0.3) is 12.0 Å². The molecule has 0 saturated carbocycles. The standard InChI is InChI=1S/C14H20F2N4O2/c1-19-6-4-10(7-13(19)21)18-14(22)17-8-11-3-2-5-20(11)9-12(15)16/h4,6-7,11-12H,2-3,5,8-9H2,1H3,(H2,17,18,22). The van der Waals surface area contributed by atoms with Crippen LogP contribution >= 0.6 is 0 Å². The normalized spacial score (nSPS) is 18.6. The second kappa shape index (κ2) is 7.35. The molecule has 0 aliphatic carbocycles. The van der Waals surface area contributed by atoms with Crippen LogP contribution in [0.15, 0.2) is 23.1 Å². The van der Waals surface area contributed by atoms with Gasteiger partial charge in [0.15, 0.2) is 0 Å². The minimum Gasteiger partial charge on any atom is -0.336 e. The van der Waals surface area contributed by atoms with Crippen LogP contribution in [0.5, 0.6) is 0 Å². The number of amides is 2. The molecule has 0 bridgehead atoms. The van der Waals surface area contributed by atoms with E-state index in [1.807, 2.05) is 0 Å². The summed E-state index contributed by atoms with van der Waals surface area (Å²) in [7, 11) is 1.61. The Labute approximate surface area is 127 Å². The summed E-state index contributed by atoms with van der Waals surface area (Å²) in [5.41, 5.74) is 0.174. The molecular formula is C14H20F2N4O2. The lowest BCUT2D eigenvalue weighted by Gasteiger charge is -2.24. The Balaban J connectivity index is 1.82. The molecule has 0 aromatic carbocycles. The lowest BCUT2D eigenvalue weighted by atomic mass is 10.2. The number of nitrogens with one attached hydrogen (secondary N) is 2. The first-order valence-electron chi connectivity index (χ1n) is 7.19. The highest BCUT2D eigenvalue weighted by Gasteiger charge is 2.26. The third-order valence-electron chi connectivity index (χ3n) is 3.73. The predicted molar refractivity (Wildman–Crippen MR) is 79.3 cm³/mol. The van der Waals surface area contributed by atoms with Gasteiger partial charge in [-0.2, -0.15) is 0 Å². The van der Waals surface area contributed by atoms with Crippen LogP contribution in [0.25, 0.3) is 0 Å². The fourth-order valence-corrected chi connectivity index (χ4v) is 2.56. The second-order valence-electron chi connectivity index (χ2n) is 5.38. The van der Waals surface area contributed by atoms with Crippen LogP contribution in [-0.4, -0.2) is 47.6 Å². The monoisotopic (exact) mass is 314 g/mol. The second-order valence-corrected chi connectivity index (χ2v) is 5.38. The minimum atomic E-state index is -2.37. The summed E-state index contributed by atoms with van der Waals surface area (Å²) in [6.45, 7) is 0.680. The number of hydrogen-bond acceptors (Lipinski definition) is 3. The number of carbonyl (C=O) groups is 1. The van der Waals surface area contributed by atoms with Gasteiger partial charge in [-0.15, -0.1) is 0 Å². The van der Waals surface area contributed by atoms with Crippen LogP contribution < -0.4 is 16.2 Å². The molecule has 2 rings (SSSR count). The van der Waals surface area contributed by atoms with Crippen molar-refractivity contribution in [3.05, 3.63) is 28.7 Å². The van der Waals surface area contributed by atoms with Gasteiger partial charge in [-0.3, -0.25) is 9.69 Å². The number of likely N-dealkylation sites (tertiary alicyclic amines) is 1. The molecule has 8 heteroatoms. The fraction of sp³-hybridized carbons (Fsp3) is 0.571. The number of anilines is 1. The smallest absolute Gasteiger partial charge is 0.319 e. The van der Waals surface area contributed by atoms with E-state index in [1.54, 1.807) is 24.2 Å². The van der Waals surface area contributed by atoms with E-state index >= 15 is 0 Å². The zero-order chi connectivity index (χ0) is 16.1. The molecule has 2 N–H and O–H groups in total. The van der Waals surface area contributed by atoms with Crippen LogP contribution in [0.1, 0.15) is 12.8 Å². The Bertz CT molecular complexity index is 576. The Morgan fingerprint density at radius 1 is 1.50 bits per heavy atom. The first kappa shape index (κ1) is 16.4. The molecule has 1 atom stereocenters. The van der Waals surface area contributed by atoms with Gasteiger partial charge >= 0.3 is 6.03 Å². The van der Waals surface area contributed by atoms with Gasteiger partial charge in [0, 0.05) is 37.6 Å². The van der Waals surface area contributed by atoms with Crippen LogP contribution in [0.3, 0.4) is 0 Å². The zero-order valence-corrected chi connectivity index (χ0v) is 12.4. The minimum absolute atomic E-state index is 0.0663. The van der Waals surface area contributed by atoms with E-state index in [0.717, 1.165) is 12.8 Å². The molecule has 1 fully saturated rings. The van der Waals surface area contributed by atoms with Gasteiger partial charge < -0.3 is 15.2 Å². The maximum absolute atomic E-state index is 12.4. The first-order valence-corrected chi connectivity index (χ1v) is 7.19. The van der Waals surface area contributed by atoms with Crippen LogP contribution in [0.4, 0.5) is 19.3 Å². The van der Waals surface area contributed by atoms with E-state index in [9.17, 15) is 18.4 Å². The number of rotatable bonds is 5.